The van der Waals surface area contributed by atoms with Crippen LogP contribution in [0.25, 0.3) is 0 Å². The van der Waals surface area contributed by atoms with Crippen LogP contribution in [-0.4, -0.2) is 285 Å². The minimum atomic E-state index is -3.07. The predicted molar refractivity (Wildman–Crippen MR) is 304 cm³/mol. The number of isocyanates is 1. The summed E-state index contributed by atoms with van der Waals surface area (Å²) in [6.45, 7) is 19.1. The summed E-state index contributed by atoms with van der Waals surface area (Å²) in [6, 6.07) is 1.000. The molecule has 3 aliphatic heterocycles. The summed E-state index contributed by atoms with van der Waals surface area (Å²) >= 11 is 0. The van der Waals surface area contributed by atoms with Gasteiger partial charge >= 0.3 is 23.7 Å². The van der Waals surface area contributed by atoms with E-state index < -0.39 is 140 Å². The molecule has 1 aromatic heterocycles. The van der Waals surface area contributed by atoms with Gasteiger partial charge < -0.3 is 122 Å². The van der Waals surface area contributed by atoms with Crippen LogP contribution < -0.4 is 5.73 Å². The Kier molecular flexibility index (Phi) is 38.8. The summed E-state index contributed by atoms with van der Waals surface area (Å²) < 4.78 is 62.6. The second-order valence-electron chi connectivity index (χ2n) is 21.7. The van der Waals surface area contributed by atoms with Gasteiger partial charge in [-0.25, -0.2) is 24.1 Å². The maximum Gasteiger partial charge on any atom is 0.501 e. The molecule has 1 aromatic rings. The van der Waals surface area contributed by atoms with Crippen LogP contribution in [-0.2, 0) is 64.6 Å². The van der Waals surface area contributed by atoms with Crippen LogP contribution >= 0.6 is 0 Å². The third kappa shape index (κ3) is 25.4. The molecule has 30 nitrogen and oxygen atoms in total. The Morgan fingerprint density at radius 1 is 0.671 bits per heavy atom. The van der Waals surface area contributed by atoms with E-state index in [0.717, 1.165) is 4.57 Å². The van der Waals surface area contributed by atoms with Crippen LogP contribution in [0.5, 0.6) is 0 Å². The number of aldehydes is 2. The molecule has 18 atom stereocenters. The average molecular weight is 1270 g/mol. The first-order chi connectivity index (χ1) is 40.1. The Morgan fingerprint density at radius 2 is 1.11 bits per heavy atom. The summed E-state index contributed by atoms with van der Waals surface area (Å²) in [4.78, 5) is 49.9. The van der Waals surface area contributed by atoms with E-state index in [-0.39, 0.29) is 49.8 Å². The Balaban J connectivity index is 0.000000579. The second-order valence-corrected chi connectivity index (χ2v) is 27.4. The number of aliphatic imine (C=N–C) groups is 1. The topological polar surface area (TPSA) is 449 Å². The van der Waals surface area contributed by atoms with Crippen molar-refractivity contribution in [3.8, 4) is 0 Å². The first-order valence-corrected chi connectivity index (χ1v) is 32.5. The van der Waals surface area contributed by atoms with Crippen molar-refractivity contribution in [3.05, 3.63) is 18.7 Å². The second kappa shape index (κ2) is 41.3. The molecule has 0 saturated carbocycles. The summed E-state index contributed by atoms with van der Waals surface area (Å²) in [5.41, 5.74) is 5.52. The van der Waals surface area contributed by atoms with E-state index >= 15 is 0 Å². The lowest BCUT2D eigenvalue weighted by Crippen LogP contribution is -2.61. The number of carbonyl (C=O) groups is 3. The zero-order valence-corrected chi connectivity index (χ0v) is 53.0. The van der Waals surface area contributed by atoms with Crippen LogP contribution in [0.3, 0.4) is 0 Å². The number of aromatic nitrogens is 2. The normalized spacial score (nSPS) is 29.1. The SMILES string of the molecule is CC(C)C(C=O)OC(CO)C(O)C=O.CC(C)C1OC(COC(=O)n2ccnc2)C(O)C(O)C1O.CCO[Si](CCCN=C=O)(OCC)OCC1OC(C(C)C)C(O)C(O)C1O.CO[Si](CCCN)(OC)OCC1OC(C(C)C)C(O)C(O)C1O. The van der Waals surface area contributed by atoms with Crippen molar-refractivity contribution < 1.29 is 126 Å². The largest absolute Gasteiger partial charge is 0.501 e. The number of nitrogens with zero attached hydrogens (tertiary/aromatic N) is 3. The molecule has 0 spiro atoms. The molecule has 496 valence electrons. The van der Waals surface area contributed by atoms with Crippen LogP contribution in [0.2, 0.25) is 12.1 Å². The highest BCUT2D eigenvalue weighted by atomic mass is 28.4. The van der Waals surface area contributed by atoms with E-state index in [0.29, 0.717) is 57.5 Å². The number of nitrogens with two attached hydrogens (primary N) is 1. The highest BCUT2D eigenvalue weighted by molar-refractivity contribution is 6.61. The molecular formula is C53H100N4O26Si2. The van der Waals surface area contributed by atoms with Gasteiger partial charge in [0.1, 0.15) is 111 Å². The van der Waals surface area contributed by atoms with Gasteiger partial charge in [-0.05, 0) is 56.9 Å². The fourth-order valence-corrected chi connectivity index (χ4v) is 13.5. The third-order valence-corrected chi connectivity index (χ3v) is 19.8. The summed E-state index contributed by atoms with van der Waals surface area (Å²) in [5.74, 6) is -0.195. The predicted octanol–water partition coefficient (Wildman–Crippen LogP) is -2.14. The molecule has 13 N–H and O–H groups in total. The van der Waals surface area contributed by atoms with Gasteiger partial charge in [0.05, 0.1) is 44.7 Å². The molecule has 18 unspecified atom stereocenters. The lowest BCUT2D eigenvalue weighted by atomic mass is 9.89. The molecule has 0 bridgehead atoms. The number of aliphatic hydroxyl groups excluding tert-OH is 11. The molecule has 3 saturated heterocycles. The van der Waals surface area contributed by atoms with Crippen molar-refractivity contribution >= 4 is 42.4 Å². The standard InChI is InChI=1S/C17H33NO8Si.C14H31NO7Si.C13H20N2O6.C9H16O5/c1-5-23-27(24-6-2,9-7-8-18-11-19)25-10-13-14(20)15(21)16(22)17(26-13)12(3)4;1-9(2)14-13(18)12(17)11(16)10(22-14)8-21-23(19-3,20-4)7-5-6-15;1-7(2)12-11(18)10(17)9(16)8(21-12)5-20-13(19)15-4-3-14-6-15;1-6(2)8(4-11)14-9(5-12)7(13)3-10/h12-17,20-22H,5-10H2,1-4H3;9-14,16-18H,5-8,15H2,1-4H3;3-4,6-12,16-18H,5H2,1-2H3;3-4,6-9,12-13H,5H2,1-2H3. The molecule has 4 rings (SSSR count). The summed E-state index contributed by atoms with van der Waals surface area (Å²) in [7, 11) is -2.93. The number of imidazole rings is 1. The first kappa shape index (κ1) is 80.0. The van der Waals surface area contributed by atoms with Gasteiger partial charge in [-0.1, -0.05) is 55.4 Å². The van der Waals surface area contributed by atoms with Gasteiger partial charge in [0.2, 0.25) is 6.08 Å². The summed E-state index contributed by atoms with van der Waals surface area (Å²) in [6.07, 6.45) is -11.7. The van der Waals surface area contributed by atoms with Gasteiger partial charge in [0.25, 0.3) is 0 Å². The van der Waals surface area contributed by atoms with E-state index in [1.54, 1.807) is 13.8 Å². The highest BCUT2D eigenvalue weighted by Crippen LogP contribution is 2.30. The fourth-order valence-electron chi connectivity index (χ4n) is 8.88. The lowest BCUT2D eigenvalue weighted by Gasteiger charge is -2.43. The van der Waals surface area contributed by atoms with Gasteiger partial charge in [0, 0.05) is 51.9 Å². The molecular weight excluding hydrogens is 1160 g/mol. The molecule has 3 fully saturated rings. The molecule has 4 heterocycles. The Bertz CT molecular complexity index is 1990. The molecule has 0 aromatic carbocycles. The Labute approximate surface area is 500 Å². The van der Waals surface area contributed by atoms with Gasteiger partial charge in [-0.15, -0.1) is 0 Å². The maximum atomic E-state index is 11.7. The molecule has 32 heteroatoms. The number of hydrogen-bond acceptors (Lipinski definition) is 29. The van der Waals surface area contributed by atoms with E-state index in [4.69, 9.17) is 66.2 Å². The van der Waals surface area contributed by atoms with Crippen LogP contribution in [0, 0.1) is 23.7 Å². The Morgan fingerprint density at radius 3 is 1.45 bits per heavy atom. The Hall–Kier alpha value is -3.05. The summed E-state index contributed by atoms with van der Waals surface area (Å²) in [5, 5.41) is 108. The molecule has 0 amide bonds. The number of carbonyl (C=O) groups excluding carboxylic acids is 4. The van der Waals surface area contributed by atoms with Crippen molar-refractivity contribution in [3.63, 3.8) is 0 Å². The van der Waals surface area contributed by atoms with Crippen LogP contribution in [0.1, 0.15) is 82.1 Å². The molecule has 3 aliphatic rings. The molecule has 0 aliphatic carbocycles. The number of rotatable bonds is 31. The van der Waals surface area contributed by atoms with E-state index in [1.807, 2.05) is 55.4 Å². The van der Waals surface area contributed by atoms with Crippen molar-refractivity contribution in [1.82, 2.24) is 9.55 Å². The number of hydrogen-bond donors (Lipinski definition) is 12. The van der Waals surface area contributed by atoms with Crippen LogP contribution in [0.4, 0.5) is 4.79 Å². The van der Waals surface area contributed by atoms with E-state index in [2.05, 4.69) is 9.98 Å². The van der Waals surface area contributed by atoms with Crippen molar-refractivity contribution in [2.45, 2.75) is 204 Å². The minimum Gasteiger partial charge on any atom is -0.446 e. The quantitative estimate of drug-likeness (QED) is 0.0124. The van der Waals surface area contributed by atoms with Crippen LogP contribution in [0.15, 0.2) is 23.7 Å². The zero-order valence-electron chi connectivity index (χ0n) is 51.0. The van der Waals surface area contributed by atoms with E-state index in [9.17, 15) is 65.1 Å². The molecule has 85 heavy (non-hydrogen) atoms. The lowest BCUT2D eigenvalue weighted by molar-refractivity contribution is -0.238. The van der Waals surface area contributed by atoms with E-state index in [1.165, 1.54) is 39.0 Å². The molecule has 0 radical (unpaired) electrons. The van der Waals surface area contributed by atoms with Gasteiger partial charge in [-0.3, -0.25) is 0 Å². The monoisotopic (exact) mass is 1260 g/mol. The maximum absolute atomic E-state index is 11.7. The first-order valence-electron chi connectivity index (χ1n) is 28.6. The fraction of sp³-hybridized carbons (Fsp3) is 0.868. The number of aliphatic hydroxyl groups is 11. The number of ether oxygens (including phenoxy) is 5. The average Bonchev–Trinajstić information content (AvgIpc) is 2.62. The van der Waals surface area contributed by atoms with Gasteiger partial charge in [-0.2, -0.15) is 0 Å². The smallest absolute Gasteiger partial charge is 0.446 e. The zero-order chi connectivity index (χ0) is 64.8. The van der Waals surface area contributed by atoms with Crippen molar-refractivity contribution in [2.75, 3.05) is 67.0 Å². The minimum absolute atomic E-state index is 0.00659. The van der Waals surface area contributed by atoms with Crippen molar-refractivity contribution in [2.24, 2.45) is 34.4 Å². The van der Waals surface area contributed by atoms with Crippen molar-refractivity contribution in [1.29, 1.82) is 0 Å². The highest BCUT2D eigenvalue weighted by Gasteiger charge is 2.50. The van der Waals surface area contributed by atoms with Gasteiger partial charge in [0.15, 0.2) is 6.29 Å². The third-order valence-electron chi connectivity index (χ3n) is 13.9.